The van der Waals surface area contributed by atoms with E-state index < -0.39 is 5.97 Å². The lowest BCUT2D eigenvalue weighted by atomic mass is 9.95. The number of carboxylic acids is 1. The van der Waals surface area contributed by atoms with E-state index >= 15 is 0 Å². The Hall–Kier alpha value is -3.28. The monoisotopic (exact) mass is 351 g/mol. The number of hydrogen-bond acceptors (Lipinski definition) is 4. The highest BCUT2D eigenvalue weighted by Crippen LogP contribution is 2.32. The fraction of sp³-hybridized carbons (Fsp3) is 0.200. The van der Waals surface area contributed by atoms with Gasteiger partial charge in [-0.3, -0.25) is 0 Å². The van der Waals surface area contributed by atoms with Crippen LogP contribution in [0.4, 0.5) is 5.82 Å². The second-order valence-electron chi connectivity index (χ2n) is 6.20. The Kier molecular flexibility index (Phi) is 4.67. The summed E-state index contributed by atoms with van der Waals surface area (Å²) >= 11 is 0. The van der Waals surface area contributed by atoms with Crippen LogP contribution >= 0.6 is 0 Å². The van der Waals surface area contributed by atoms with E-state index in [0.29, 0.717) is 11.5 Å². The summed E-state index contributed by atoms with van der Waals surface area (Å²) < 4.78 is 6.88. The molecule has 0 radical (unpaired) electrons. The van der Waals surface area contributed by atoms with Crippen LogP contribution in [0.15, 0.2) is 48.7 Å². The van der Waals surface area contributed by atoms with Gasteiger partial charge in [-0.1, -0.05) is 25.1 Å². The van der Waals surface area contributed by atoms with Crippen LogP contribution in [0.5, 0.6) is 5.75 Å². The van der Waals surface area contributed by atoms with Gasteiger partial charge in [0.2, 0.25) is 0 Å². The molecule has 1 unspecified atom stereocenters. The number of benzene rings is 2. The number of rotatable bonds is 5. The number of hydrogen-bond donors (Lipinski definition) is 2. The number of aromatic nitrogens is 2. The maximum absolute atomic E-state index is 11.3. The topological polar surface area (TPSA) is 90.4 Å². The number of aromatic carboxylic acids is 1. The number of methoxy groups -OCH3 is 1. The second kappa shape index (κ2) is 6.92. The Bertz CT molecular complexity index is 963. The van der Waals surface area contributed by atoms with Crippen LogP contribution in [-0.4, -0.2) is 28.0 Å². The van der Waals surface area contributed by atoms with Gasteiger partial charge in [0.05, 0.1) is 24.6 Å². The van der Waals surface area contributed by atoms with E-state index in [9.17, 15) is 9.90 Å². The lowest BCUT2D eigenvalue weighted by Gasteiger charge is -2.14. The largest absolute Gasteiger partial charge is 0.497 e. The lowest BCUT2D eigenvalue weighted by Crippen LogP contribution is -2.08. The average molecular weight is 351 g/mol. The summed E-state index contributed by atoms with van der Waals surface area (Å²) in [4.78, 5) is 11.3. The first kappa shape index (κ1) is 17.5. The molecule has 1 heterocycles. The van der Waals surface area contributed by atoms with Crippen LogP contribution in [0.1, 0.15) is 39.9 Å². The first-order chi connectivity index (χ1) is 12.4. The Morgan fingerprint density at radius 3 is 2.73 bits per heavy atom. The summed E-state index contributed by atoms with van der Waals surface area (Å²) in [6.07, 6.45) is 1.73. The number of nitrogens with two attached hydrogens (primary N) is 1. The standard InChI is InChI=1S/C20H21N3O3/c1-12-7-8-15(20(24)25)10-18(12)23-19(21)17(11-22-23)13(2)14-5-4-6-16(9-14)26-3/h4-11,13H,21H2,1-3H3,(H,24,25). The molecule has 3 N–H and O–H groups in total. The molecule has 3 rings (SSSR count). The van der Waals surface area contributed by atoms with Gasteiger partial charge in [0, 0.05) is 11.5 Å². The van der Waals surface area contributed by atoms with E-state index in [4.69, 9.17) is 10.5 Å². The highest BCUT2D eigenvalue weighted by molar-refractivity contribution is 5.88. The van der Waals surface area contributed by atoms with Crippen molar-refractivity contribution in [3.8, 4) is 11.4 Å². The Labute approximate surface area is 151 Å². The van der Waals surface area contributed by atoms with Gasteiger partial charge in [0.1, 0.15) is 11.6 Å². The molecule has 6 nitrogen and oxygen atoms in total. The number of anilines is 1. The van der Waals surface area contributed by atoms with Crippen molar-refractivity contribution >= 4 is 11.8 Å². The zero-order valence-corrected chi connectivity index (χ0v) is 14.9. The molecule has 3 aromatic rings. The molecule has 26 heavy (non-hydrogen) atoms. The number of ether oxygens (including phenoxy) is 1. The maximum Gasteiger partial charge on any atom is 0.335 e. The first-order valence-electron chi connectivity index (χ1n) is 8.24. The lowest BCUT2D eigenvalue weighted by molar-refractivity contribution is 0.0697. The first-order valence-corrected chi connectivity index (χ1v) is 8.24. The number of nitrogen functional groups attached to an aromatic ring is 1. The highest BCUT2D eigenvalue weighted by atomic mass is 16.5. The van der Waals surface area contributed by atoms with E-state index in [1.54, 1.807) is 36.2 Å². The summed E-state index contributed by atoms with van der Waals surface area (Å²) in [6.45, 7) is 3.94. The maximum atomic E-state index is 11.3. The van der Waals surface area contributed by atoms with E-state index in [0.717, 1.165) is 22.4 Å². The summed E-state index contributed by atoms with van der Waals surface area (Å²) in [5.41, 5.74) is 10.0. The molecule has 0 amide bonds. The molecule has 0 aliphatic heterocycles. The van der Waals surface area contributed by atoms with Crippen molar-refractivity contribution in [2.24, 2.45) is 0 Å². The Morgan fingerprint density at radius 2 is 2.04 bits per heavy atom. The summed E-state index contributed by atoms with van der Waals surface area (Å²) in [7, 11) is 1.63. The fourth-order valence-electron chi connectivity index (χ4n) is 2.96. The molecule has 134 valence electrons. The van der Waals surface area contributed by atoms with Crippen LogP contribution in [-0.2, 0) is 0 Å². The second-order valence-corrected chi connectivity index (χ2v) is 6.20. The van der Waals surface area contributed by atoms with Gasteiger partial charge >= 0.3 is 5.97 Å². The van der Waals surface area contributed by atoms with Crippen LogP contribution in [0.25, 0.3) is 5.69 Å². The molecule has 1 aromatic heterocycles. The number of carboxylic acid groups (broad SMARTS) is 1. The zero-order chi connectivity index (χ0) is 18.8. The van der Waals surface area contributed by atoms with Gasteiger partial charge in [-0.05, 0) is 42.3 Å². The molecule has 0 fully saturated rings. The molecule has 0 spiro atoms. The summed E-state index contributed by atoms with van der Waals surface area (Å²) in [5.74, 6) is 0.306. The van der Waals surface area contributed by atoms with Gasteiger partial charge in [-0.2, -0.15) is 5.10 Å². The number of carbonyl (C=O) groups is 1. The third kappa shape index (κ3) is 3.13. The third-order valence-corrected chi connectivity index (χ3v) is 4.58. The van der Waals surface area contributed by atoms with E-state index in [1.807, 2.05) is 38.1 Å². The minimum atomic E-state index is -0.984. The van der Waals surface area contributed by atoms with Gasteiger partial charge < -0.3 is 15.6 Å². The summed E-state index contributed by atoms with van der Waals surface area (Å²) in [5, 5.41) is 13.6. The van der Waals surface area contributed by atoms with Crippen molar-refractivity contribution in [2.75, 3.05) is 12.8 Å². The molecular formula is C20H21N3O3. The molecule has 2 aromatic carbocycles. The van der Waals surface area contributed by atoms with E-state index in [1.165, 1.54) is 0 Å². The normalized spacial score (nSPS) is 12.0. The predicted octanol–water partition coefficient (Wildman–Crippen LogP) is 3.62. The molecule has 0 saturated carbocycles. The van der Waals surface area contributed by atoms with Crippen molar-refractivity contribution in [2.45, 2.75) is 19.8 Å². The van der Waals surface area contributed by atoms with Gasteiger partial charge in [0.25, 0.3) is 0 Å². The van der Waals surface area contributed by atoms with Crippen LogP contribution < -0.4 is 10.5 Å². The van der Waals surface area contributed by atoms with Crippen molar-refractivity contribution in [3.05, 3.63) is 70.9 Å². The third-order valence-electron chi connectivity index (χ3n) is 4.58. The molecular weight excluding hydrogens is 330 g/mol. The number of nitrogens with zero attached hydrogens (tertiary/aromatic N) is 2. The minimum Gasteiger partial charge on any atom is -0.497 e. The van der Waals surface area contributed by atoms with Gasteiger partial charge in [0.15, 0.2) is 0 Å². The molecule has 1 atom stereocenters. The van der Waals surface area contributed by atoms with Crippen molar-refractivity contribution in [1.82, 2.24) is 9.78 Å². The van der Waals surface area contributed by atoms with Crippen molar-refractivity contribution < 1.29 is 14.6 Å². The molecule has 0 bridgehead atoms. The van der Waals surface area contributed by atoms with Crippen LogP contribution in [0.2, 0.25) is 0 Å². The van der Waals surface area contributed by atoms with E-state index in [2.05, 4.69) is 5.10 Å². The zero-order valence-electron chi connectivity index (χ0n) is 14.9. The molecule has 0 saturated heterocycles. The van der Waals surface area contributed by atoms with Crippen molar-refractivity contribution in [1.29, 1.82) is 0 Å². The average Bonchev–Trinajstić information content (AvgIpc) is 3.02. The van der Waals surface area contributed by atoms with Gasteiger partial charge in [-0.25, -0.2) is 9.48 Å². The quantitative estimate of drug-likeness (QED) is 0.733. The smallest absolute Gasteiger partial charge is 0.335 e. The minimum absolute atomic E-state index is 0.0156. The molecule has 6 heteroatoms. The Balaban J connectivity index is 2.03. The number of aryl methyl sites for hydroxylation is 1. The highest BCUT2D eigenvalue weighted by Gasteiger charge is 2.19. The fourth-order valence-corrected chi connectivity index (χ4v) is 2.96. The van der Waals surface area contributed by atoms with Gasteiger partial charge in [-0.15, -0.1) is 0 Å². The molecule has 0 aliphatic carbocycles. The summed E-state index contributed by atoms with van der Waals surface area (Å²) in [6, 6.07) is 12.7. The predicted molar refractivity (Wildman–Crippen MR) is 100 cm³/mol. The SMILES string of the molecule is COc1cccc(C(C)c2cnn(-c3cc(C(=O)O)ccc3C)c2N)c1. The van der Waals surface area contributed by atoms with Crippen LogP contribution in [0.3, 0.4) is 0 Å². The molecule has 0 aliphatic rings. The van der Waals surface area contributed by atoms with Crippen LogP contribution in [0, 0.1) is 6.92 Å². The Morgan fingerprint density at radius 1 is 1.27 bits per heavy atom. The van der Waals surface area contributed by atoms with Crippen molar-refractivity contribution in [3.63, 3.8) is 0 Å². The van der Waals surface area contributed by atoms with E-state index in [-0.39, 0.29) is 11.5 Å².